The number of rotatable bonds is 6. The highest BCUT2D eigenvalue weighted by molar-refractivity contribution is 5.99. The highest BCUT2D eigenvalue weighted by Gasteiger charge is 2.41. The van der Waals surface area contributed by atoms with Crippen molar-refractivity contribution in [1.29, 1.82) is 0 Å². The van der Waals surface area contributed by atoms with E-state index in [1.807, 2.05) is 60.7 Å². The number of aryl methyl sites for hydroxylation is 1. The topological polar surface area (TPSA) is 47.6 Å². The smallest absolute Gasteiger partial charge is 0.235 e. The molecule has 0 spiro atoms. The SMILES string of the molecule is Cc1cccc(C2(C(=O)Nc3ccc(OCc4ccccc4)cc3)CCOCC2)c1. The Kier molecular flexibility index (Phi) is 6.15. The lowest BCUT2D eigenvalue weighted by Gasteiger charge is -2.36. The minimum Gasteiger partial charge on any atom is -0.489 e. The van der Waals surface area contributed by atoms with Gasteiger partial charge >= 0.3 is 0 Å². The molecule has 154 valence electrons. The summed E-state index contributed by atoms with van der Waals surface area (Å²) in [6.07, 6.45) is 1.36. The molecule has 3 aromatic rings. The van der Waals surface area contributed by atoms with Gasteiger partial charge in [0.15, 0.2) is 0 Å². The minimum atomic E-state index is -0.563. The Balaban J connectivity index is 1.46. The lowest BCUT2D eigenvalue weighted by molar-refractivity contribution is -0.125. The molecule has 3 aromatic carbocycles. The highest BCUT2D eigenvalue weighted by atomic mass is 16.5. The van der Waals surface area contributed by atoms with Crippen LogP contribution >= 0.6 is 0 Å². The second-order valence-corrected chi connectivity index (χ2v) is 7.82. The molecule has 1 N–H and O–H groups in total. The average molecular weight is 402 g/mol. The molecule has 0 bridgehead atoms. The van der Waals surface area contributed by atoms with Crippen molar-refractivity contribution in [2.75, 3.05) is 18.5 Å². The number of carbonyl (C=O) groups excluding carboxylic acids is 1. The van der Waals surface area contributed by atoms with E-state index in [0.717, 1.165) is 28.1 Å². The number of ether oxygens (including phenoxy) is 2. The average Bonchev–Trinajstić information content (AvgIpc) is 2.80. The Hall–Kier alpha value is -3.11. The Morgan fingerprint density at radius 1 is 0.967 bits per heavy atom. The van der Waals surface area contributed by atoms with Gasteiger partial charge in [-0.3, -0.25) is 4.79 Å². The summed E-state index contributed by atoms with van der Waals surface area (Å²) in [5, 5.41) is 3.12. The van der Waals surface area contributed by atoms with Crippen LogP contribution < -0.4 is 10.1 Å². The largest absolute Gasteiger partial charge is 0.489 e. The lowest BCUT2D eigenvalue weighted by atomic mass is 9.73. The highest BCUT2D eigenvalue weighted by Crippen LogP contribution is 2.36. The summed E-state index contributed by atoms with van der Waals surface area (Å²) in [5.74, 6) is 0.797. The van der Waals surface area contributed by atoms with E-state index in [0.29, 0.717) is 32.7 Å². The van der Waals surface area contributed by atoms with Crippen molar-refractivity contribution in [1.82, 2.24) is 0 Å². The zero-order chi connectivity index (χ0) is 20.8. The van der Waals surface area contributed by atoms with E-state index in [1.165, 1.54) is 0 Å². The third-order valence-electron chi connectivity index (χ3n) is 5.71. The molecule has 0 saturated carbocycles. The lowest BCUT2D eigenvalue weighted by Crippen LogP contribution is -2.44. The van der Waals surface area contributed by atoms with Crippen LogP contribution in [0.4, 0.5) is 5.69 Å². The summed E-state index contributed by atoms with van der Waals surface area (Å²) in [7, 11) is 0. The van der Waals surface area contributed by atoms with Gasteiger partial charge in [0.2, 0.25) is 5.91 Å². The Bertz CT molecular complexity index is 977. The molecule has 30 heavy (non-hydrogen) atoms. The van der Waals surface area contributed by atoms with E-state index in [9.17, 15) is 4.79 Å². The first-order valence-corrected chi connectivity index (χ1v) is 10.4. The van der Waals surface area contributed by atoms with E-state index in [1.54, 1.807) is 0 Å². The normalized spacial score (nSPS) is 15.4. The van der Waals surface area contributed by atoms with Crippen LogP contribution in [0.1, 0.15) is 29.5 Å². The third kappa shape index (κ3) is 4.55. The number of anilines is 1. The van der Waals surface area contributed by atoms with E-state index >= 15 is 0 Å². The minimum absolute atomic E-state index is 0.0225. The number of amides is 1. The molecule has 4 nitrogen and oxygen atoms in total. The summed E-state index contributed by atoms with van der Waals surface area (Å²) in [5.41, 5.74) is 3.55. The predicted molar refractivity (Wildman–Crippen MR) is 119 cm³/mol. The fourth-order valence-electron chi connectivity index (χ4n) is 3.94. The van der Waals surface area contributed by atoms with Crippen LogP contribution in [-0.4, -0.2) is 19.1 Å². The fourth-order valence-corrected chi connectivity index (χ4v) is 3.94. The summed E-state index contributed by atoms with van der Waals surface area (Å²) >= 11 is 0. The molecule has 4 heteroatoms. The van der Waals surface area contributed by atoms with Gasteiger partial charge in [0.05, 0.1) is 5.41 Å². The monoisotopic (exact) mass is 401 g/mol. The van der Waals surface area contributed by atoms with Gasteiger partial charge in [-0.1, -0.05) is 60.2 Å². The van der Waals surface area contributed by atoms with E-state index in [4.69, 9.17) is 9.47 Å². The molecular weight excluding hydrogens is 374 g/mol. The van der Waals surface area contributed by atoms with Gasteiger partial charge in [-0.15, -0.1) is 0 Å². The maximum absolute atomic E-state index is 13.4. The van der Waals surface area contributed by atoms with Gasteiger partial charge in [0.1, 0.15) is 12.4 Å². The summed E-state index contributed by atoms with van der Waals surface area (Å²) in [4.78, 5) is 13.4. The van der Waals surface area contributed by atoms with Gasteiger partial charge in [-0.2, -0.15) is 0 Å². The van der Waals surface area contributed by atoms with Crippen LogP contribution in [0.2, 0.25) is 0 Å². The number of benzene rings is 3. The molecule has 4 rings (SSSR count). The van der Waals surface area contributed by atoms with Gasteiger partial charge in [0.25, 0.3) is 0 Å². The molecule has 0 aliphatic carbocycles. The Morgan fingerprint density at radius 3 is 2.40 bits per heavy atom. The molecule has 0 aromatic heterocycles. The maximum atomic E-state index is 13.4. The second-order valence-electron chi connectivity index (χ2n) is 7.82. The van der Waals surface area contributed by atoms with Crippen LogP contribution in [-0.2, 0) is 21.6 Å². The molecular formula is C26H27NO3. The molecule has 1 amide bonds. The van der Waals surface area contributed by atoms with Crippen molar-refractivity contribution in [3.8, 4) is 5.75 Å². The molecule has 1 fully saturated rings. The summed E-state index contributed by atoms with van der Waals surface area (Å²) in [6.45, 7) is 3.76. The van der Waals surface area contributed by atoms with Crippen LogP contribution in [0.5, 0.6) is 5.75 Å². The standard InChI is InChI=1S/C26H27NO3/c1-20-6-5-9-22(18-20)26(14-16-29-17-15-26)25(28)27-23-10-12-24(13-11-23)30-19-21-7-3-2-4-8-21/h2-13,18H,14-17,19H2,1H3,(H,27,28). The zero-order valence-corrected chi connectivity index (χ0v) is 17.3. The molecule has 0 atom stereocenters. The number of nitrogens with one attached hydrogen (secondary N) is 1. The van der Waals surface area contributed by atoms with Gasteiger partial charge in [-0.25, -0.2) is 0 Å². The van der Waals surface area contributed by atoms with Crippen molar-refractivity contribution in [3.05, 3.63) is 95.6 Å². The van der Waals surface area contributed by atoms with Crippen molar-refractivity contribution in [3.63, 3.8) is 0 Å². The van der Waals surface area contributed by atoms with Crippen molar-refractivity contribution < 1.29 is 14.3 Å². The van der Waals surface area contributed by atoms with Crippen LogP contribution in [0.25, 0.3) is 0 Å². The van der Waals surface area contributed by atoms with Crippen molar-refractivity contribution in [2.24, 2.45) is 0 Å². The van der Waals surface area contributed by atoms with Crippen LogP contribution in [0.15, 0.2) is 78.9 Å². The Morgan fingerprint density at radius 2 is 1.70 bits per heavy atom. The van der Waals surface area contributed by atoms with E-state index < -0.39 is 5.41 Å². The number of hydrogen-bond donors (Lipinski definition) is 1. The van der Waals surface area contributed by atoms with E-state index in [-0.39, 0.29) is 5.91 Å². The molecule has 1 saturated heterocycles. The number of hydrogen-bond acceptors (Lipinski definition) is 3. The first-order valence-electron chi connectivity index (χ1n) is 10.4. The summed E-state index contributed by atoms with van der Waals surface area (Å²) in [6, 6.07) is 25.9. The maximum Gasteiger partial charge on any atom is 0.235 e. The van der Waals surface area contributed by atoms with Crippen molar-refractivity contribution >= 4 is 11.6 Å². The quantitative estimate of drug-likeness (QED) is 0.613. The van der Waals surface area contributed by atoms with Crippen molar-refractivity contribution in [2.45, 2.75) is 31.8 Å². The first-order chi connectivity index (χ1) is 14.7. The van der Waals surface area contributed by atoms with Gasteiger partial charge in [0, 0.05) is 18.9 Å². The van der Waals surface area contributed by atoms with Crippen LogP contribution in [0, 0.1) is 6.92 Å². The van der Waals surface area contributed by atoms with Gasteiger partial charge < -0.3 is 14.8 Å². The zero-order valence-electron chi connectivity index (χ0n) is 17.3. The molecule has 1 aliphatic rings. The van der Waals surface area contributed by atoms with Crippen LogP contribution in [0.3, 0.4) is 0 Å². The first kappa shape index (κ1) is 20.2. The fraction of sp³-hybridized carbons (Fsp3) is 0.269. The second kappa shape index (κ2) is 9.14. The molecule has 1 heterocycles. The Labute approximate surface area is 177 Å². The van der Waals surface area contributed by atoms with Gasteiger partial charge in [-0.05, 0) is 55.2 Å². The molecule has 0 radical (unpaired) electrons. The summed E-state index contributed by atoms with van der Waals surface area (Å²) < 4.78 is 11.4. The molecule has 1 aliphatic heterocycles. The number of carbonyl (C=O) groups is 1. The molecule has 0 unspecified atom stereocenters. The van der Waals surface area contributed by atoms with E-state index in [2.05, 4.69) is 30.4 Å². The third-order valence-corrected chi connectivity index (χ3v) is 5.71. The predicted octanol–water partition coefficient (Wildman–Crippen LogP) is 5.26.